The molecule has 4 aromatic carbocycles. The number of hydrogen-bond acceptors (Lipinski definition) is 2. The standard InChI is InChI=1S/C34H32O2/c1-21(35-3)33-27-17-9-5-13-23(27)32(24-14-6-10-18-28(24)33)34(22(2)36-4)29-19-11-7-15-25(29)31(33)26-16-8-12-20-30(26)34/h5-22,31-32H,1-4H3/t21-,22-,31?,32?,33?,34?/m0/s1. The SMILES string of the molecule is CO[C@@H](C)C12c3ccccc3C(c3ccccc31)C1([C@H](C)OC)c3ccccc3C2c2ccccc21. The van der Waals surface area contributed by atoms with Crippen LogP contribution in [0.4, 0.5) is 0 Å². The molecule has 0 saturated carbocycles. The minimum atomic E-state index is -0.368. The molecule has 0 unspecified atom stereocenters. The highest BCUT2D eigenvalue weighted by Crippen LogP contribution is 2.70. The summed E-state index contributed by atoms with van der Waals surface area (Å²) in [6.07, 6.45) is -0.0883. The molecule has 6 aliphatic rings. The molecule has 0 radical (unpaired) electrons. The van der Waals surface area contributed by atoms with Gasteiger partial charge in [0.15, 0.2) is 0 Å². The molecule has 6 aliphatic carbocycles. The van der Waals surface area contributed by atoms with Crippen LogP contribution in [-0.2, 0) is 20.3 Å². The predicted molar refractivity (Wildman–Crippen MR) is 144 cm³/mol. The molecule has 2 heteroatoms. The van der Waals surface area contributed by atoms with Crippen molar-refractivity contribution in [2.75, 3.05) is 14.2 Å². The summed E-state index contributed by atoms with van der Waals surface area (Å²) in [6.45, 7) is 4.53. The van der Waals surface area contributed by atoms with Crippen LogP contribution in [0.25, 0.3) is 0 Å². The zero-order valence-corrected chi connectivity index (χ0v) is 21.4. The lowest BCUT2D eigenvalue weighted by atomic mass is 9.41. The molecule has 0 amide bonds. The maximum absolute atomic E-state index is 6.37. The van der Waals surface area contributed by atoms with Crippen LogP contribution < -0.4 is 0 Å². The lowest BCUT2D eigenvalue weighted by Crippen LogP contribution is -2.60. The van der Waals surface area contributed by atoms with E-state index >= 15 is 0 Å². The van der Waals surface area contributed by atoms with E-state index in [1.165, 1.54) is 44.5 Å². The van der Waals surface area contributed by atoms with Gasteiger partial charge >= 0.3 is 0 Å². The van der Waals surface area contributed by atoms with Crippen molar-refractivity contribution in [2.45, 2.75) is 48.7 Å². The zero-order chi connectivity index (χ0) is 24.7. The summed E-state index contributed by atoms with van der Waals surface area (Å²) >= 11 is 0. The van der Waals surface area contributed by atoms with Crippen LogP contribution in [0.2, 0.25) is 0 Å². The normalized spacial score (nSPS) is 28.2. The number of methoxy groups -OCH3 is 2. The van der Waals surface area contributed by atoms with Gasteiger partial charge in [-0.25, -0.2) is 0 Å². The van der Waals surface area contributed by atoms with Gasteiger partial charge in [-0.1, -0.05) is 97.1 Å². The molecule has 0 aliphatic heterocycles. The Labute approximate surface area is 213 Å². The molecule has 4 bridgehead atoms. The second kappa shape index (κ2) is 7.65. The molecule has 10 rings (SSSR count). The second-order valence-electron chi connectivity index (χ2n) is 10.7. The van der Waals surface area contributed by atoms with Gasteiger partial charge in [0.05, 0.1) is 23.0 Å². The van der Waals surface area contributed by atoms with Crippen molar-refractivity contribution in [1.29, 1.82) is 0 Å². The molecule has 36 heavy (non-hydrogen) atoms. The second-order valence-corrected chi connectivity index (χ2v) is 10.7. The first-order valence-corrected chi connectivity index (χ1v) is 13.1. The van der Waals surface area contributed by atoms with Crippen molar-refractivity contribution in [2.24, 2.45) is 0 Å². The highest BCUT2D eigenvalue weighted by Gasteiger charge is 2.65. The molecule has 0 aromatic heterocycles. The summed E-state index contributed by atoms with van der Waals surface area (Å²) in [5, 5.41) is 0. The third-order valence-electron chi connectivity index (χ3n) is 9.77. The Balaban J connectivity index is 1.80. The smallest absolute Gasteiger partial charge is 0.0689 e. The van der Waals surface area contributed by atoms with E-state index in [2.05, 4.69) is 111 Å². The van der Waals surface area contributed by atoms with Crippen LogP contribution in [0.5, 0.6) is 0 Å². The molecule has 2 atom stereocenters. The first-order valence-electron chi connectivity index (χ1n) is 13.1. The molecule has 4 aromatic rings. The van der Waals surface area contributed by atoms with Gasteiger partial charge in [0.2, 0.25) is 0 Å². The predicted octanol–water partition coefficient (Wildman–Crippen LogP) is 6.93. The van der Waals surface area contributed by atoms with E-state index in [9.17, 15) is 0 Å². The van der Waals surface area contributed by atoms with Crippen LogP contribution in [0.15, 0.2) is 97.1 Å². The van der Waals surface area contributed by atoms with E-state index in [-0.39, 0.29) is 34.9 Å². The van der Waals surface area contributed by atoms with Crippen LogP contribution in [-0.4, -0.2) is 26.4 Å². The first kappa shape index (κ1) is 22.0. The third kappa shape index (κ3) is 2.31. The van der Waals surface area contributed by atoms with Crippen molar-refractivity contribution in [3.8, 4) is 0 Å². The summed E-state index contributed by atoms with van der Waals surface area (Å²) in [7, 11) is 3.74. The summed E-state index contributed by atoms with van der Waals surface area (Å²) in [6, 6.07) is 36.6. The number of ether oxygens (including phenoxy) is 2. The van der Waals surface area contributed by atoms with Crippen molar-refractivity contribution in [3.63, 3.8) is 0 Å². The Morgan fingerprint density at radius 2 is 0.722 bits per heavy atom. The fourth-order valence-electron chi connectivity index (χ4n) is 8.45. The lowest BCUT2D eigenvalue weighted by Gasteiger charge is -2.62. The van der Waals surface area contributed by atoms with Crippen molar-refractivity contribution in [3.05, 3.63) is 142 Å². The molecule has 0 heterocycles. The van der Waals surface area contributed by atoms with Crippen LogP contribution in [0, 0.1) is 0 Å². The monoisotopic (exact) mass is 472 g/mol. The van der Waals surface area contributed by atoms with E-state index < -0.39 is 0 Å². The number of rotatable bonds is 4. The molecular formula is C34H32O2. The maximum Gasteiger partial charge on any atom is 0.0689 e. The van der Waals surface area contributed by atoms with Gasteiger partial charge in [0, 0.05) is 26.1 Å². The average Bonchev–Trinajstić information content (AvgIpc) is 2.93. The minimum Gasteiger partial charge on any atom is -0.380 e. The number of hydrogen-bond donors (Lipinski definition) is 0. The van der Waals surface area contributed by atoms with E-state index in [1.54, 1.807) is 0 Å². The highest BCUT2D eigenvalue weighted by atomic mass is 16.5. The Hall–Kier alpha value is -3.20. The molecule has 0 N–H and O–H groups in total. The fraction of sp³-hybridized carbons (Fsp3) is 0.294. The van der Waals surface area contributed by atoms with Crippen molar-refractivity contribution >= 4 is 0 Å². The molecule has 0 saturated heterocycles. The molecule has 2 nitrogen and oxygen atoms in total. The molecule has 180 valence electrons. The molecular weight excluding hydrogens is 440 g/mol. The summed E-state index contributed by atoms with van der Waals surface area (Å²) in [5.41, 5.74) is 10.4. The van der Waals surface area contributed by atoms with E-state index in [1.807, 2.05) is 14.2 Å². The third-order valence-corrected chi connectivity index (χ3v) is 9.77. The molecule has 0 fully saturated rings. The Morgan fingerprint density at radius 3 is 0.972 bits per heavy atom. The van der Waals surface area contributed by atoms with Gasteiger partial charge in [0.1, 0.15) is 0 Å². The van der Waals surface area contributed by atoms with Gasteiger partial charge in [-0.3, -0.25) is 0 Å². The van der Waals surface area contributed by atoms with Gasteiger partial charge in [0.25, 0.3) is 0 Å². The van der Waals surface area contributed by atoms with Crippen LogP contribution in [0.1, 0.15) is 70.2 Å². The van der Waals surface area contributed by atoms with Crippen molar-refractivity contribution < 1.29 is 9.47 Å². The van der Waals surface area contributed by atoms with Crippen molar-refractivity contribution in [1.82, 2.24) is 0 Å². The Bertz CT molecular complexity index is 1280. The summed E-state index contributed by atoms with van der Waals surface area (Å²) < 4.78 is 12.7. The largest absolute Gasteiger partial charge is 0.380 e. The van der Waals surface area contributed by atoms with Gasteiger partial charge in [-0.15, -0.1) is 0 Å². The van der Waals surface area contributed by atoms with Gasteiger partial charge in [-0.2, -0.15) is 0 Å². The highest BCUT2D eigenvalue weighted by molar-refractivity contribution is 5.73. The quantitative estimate of drug-likeness (QED) is 0.321. The molecule has 0 spiro atoms. The number of benzene rings is 4. The van der Waals surface area contributed by atoms with Gasteiger partial charge in [-0.05, 0) is 58.4 Å². The summed E-state index contributed by atoms with van der Waals surface area (Å²) in [4.78, 5) is 0. The van der Waals surface area contributed by atoms with Gasteiger partial charge < -0.3 is 9.47 Å². The van der Waals surface area contributed by atoms with E-state index in [4.69, 9.17) is 9.47 Å². The average molecular weight is 473 g/mol. The van der Waals surface area contributed by atoms with Crippen LogP contribution in [0.3, 0.4) is 0 Å². The maximum atomic E-state index is 6.37. The summed E-state index contributed by atoms with van der Waals surface area (Å²) in [5.74, 6) is 0.223. The van der Waals surface area contributed by atoms with Crippen LogP contribution >= 0.6 is 0 Å². The Kier molecular flexibility index (Phi) is 4.68. The Morgan fingerprint density at radius 1 is 0.472 bits per heavy atom. The minimum absolute atomic E-state index is 0.0442. The topological polar surface area (TPSA) is 18.5 Å². The zero-order valence-electron chi connectivity index (χ0n) is 21.4. The van der Waals surface area contributed by atoms with E-state index in [0.717, 1.165) is 0 Å². The lowest BCUT2D eigenvalue weighted by molar-refractivity contribution is 0.0298. The van der Waals surface area contributed by atoms with E-state index in [0.29, 0.717) is 0 Å². The first-order chi connectivity index (χ1) is 17.6. The fourth-order valence-corrected chi connectivity index (χ4v) is 8.45.